The van der Waals surface area contributed by atoms with Crippen LogP contribution in [0.2, 0.25) is 0 Å². The molecule has 1 amide bonds. The average Bonchev–Trinajstić information content (AvgIpc) is 2.81. The highest BCUT2D eigenvalue weighted by atomic mass is 16.4. The molecule has 0 aromatic heterocycles. The summed E-state index contributed by atoms with van der Waals surface area (Å²) in [6.07, 6.45) is 4.09. The Kier molecular flexibility index (Phi) is 4.66. The number of aliphatic carboxylic acids is 1. The number of carbonyl (C=O) groups is 2. The maximum atomic E-state index is 12.4. The number of amides is 1. The molecule has 1 aliphatic rings. The van der Waals surface area contributed by atoms with Crippen LogP contribution in [0.5, 0.6) is 0 Å². The molecular formula is C17H23NO3. The number of benzene rings is 1. The summed E-state index contributed by atoms with van der Waals surface area (Å²) in [7, 11) is 0. The predicted molar refractivity (Wildman–Crippen MR) is 82.3 cm³/mol. The van der Waals surface area contributed by atoms with Crippen molar-refractivity contribution in [2.24, 2.45) is 5.41 Å². The van der Waals surface area contributed by atoms with Gasteiger partial charge >= 0.3 is 5.97 Å². The standard InChI is InChI=1S/C17H23NO3/c1-12-6-5-7-13(2)16(12)18-14(19)10-17(11-15(20)21)8-3-4-9-17/h5-7H,3-4,8-11H2,1-2H3,(H,18,19)(H,20,21). The largest absolute Gasteiger partial charge is 0.481 e. The lowest BCUT2D eigenvalue weighted by molar-refractivity contribution is -0.140. The van der Waals surface area contributed by atoms with Crippen molar-refractivity contribution in [1.82, 2.24) is 0 Å². The van der Waals surface area contributed by atoms with Gasteiger partial charge in [0.1, 0.15) is 0 Å². The lowest BCUT2D eigenvalue weighted by atomic mass is 9.79. The monoisotopic (exact) mass is 289 g/mol. The highest BCUT2D eigenvalue weighted by molar-refractivity contribution is 5.93. The van der Waals surface area contributed by atoms with Crippen LogP contribution in [-0.4, -0.2) is 17.0 Å². The number of anilines is 1. The van der Waals surface area contributed by atoms with Crippen molar-refractivity contribution < 1.29 is 14.7 Å². The Balaban J connectivity index is 2.08. The van der Waals surface area contributed by atoms with Gasteiger partial charge < -0.3 is 10.4 Å². The van der Waals surface area contributed by atoms with Crippen molar-refractivity contribution in [3.05, 3.63) is 29.3 Å². The van der Waals surface area contributed by atoms with E-state index >= 15 is 0 Å². The first-order valence-electron chi connectivity index (χ1n) is 7.50. The normalized spacial score (nSPS) is 16.7. The molecule has 1 aliphatic carbocycles. The van der Waals surface area contributed by atoms with E-state index in [1.54, 1.807) is 0 Å². The van der Waals surface area contributed by atoms with E-state index < -0.39 is 5.97 Å². The maximum absolute atomic E-state index is 12.4. The van der Waals surface area contributed by atoms with Crippen molar-refractivity contribution in [3.63, 3.8) is 0 Å². The highest BCUT2D eigenvalue weighted by Crippen LogP contribution is 2.44. The Labute approximate surface area is 125 Å². The fourth-order valence-corrected chi connectivity index (χ4v) is 3.40. The number of para-hydroxylation sites is 1. The summed E-state index contributed by atoms with van der Waals surface area (Å²) < 4.78 is 0. The third-order valence-corrected chi connectivity index (χ3v) is 4.47. The van der Waals surface area contributed by atoms with Crippen LogP contribution >= 0.6 is 0 Å². The van der Waals surface area contributed by atoms with E-state index in [4.69, 9.17) is 5.11 Å². The molecule has 0 heterocycles. The molecule has 0 atom stereocenters. The van der Waals surface area contributed by atoms with Crippen molar-refractivity contribution >= 4 is 17.6 Å². The van der Waals surface area contributed by atoms with Gasteiger partial charge in [-0.1, -0.05) is 31.0 Å². The van der Waals surface area contributed by atoms with Gasteiger partial charge in [-0.3, -0.25) is 9.59 Å². The molecule has 0 bridgehead atoms. The zero-order valence-electron chi connectivity index (χ0n) is 12.7. The average molecular weight is 289 g/mol. The van der Waals surface area contributed by atoms with Gasteiger partial charge in [0, 0.05) is 12.1 Å². The molecular weight excluding hydrogens is 266 g/mol. The van der Waals surface area contributed by atoms with Gasteiger partial charge in [0.05, 0.1) is 6.42 Å². The zero-order valence-corrected chi connectivity index (χ0v) is 12.7. The molecule has 4 heteroatoms. The minimum atomic E-state index is -0.809. The van der Waals surface area contributed by atoms with Crippen LogP contribution in [0.3, 0.4) is 0 Å². The van der Waals surface area contributed by atoms with E-state index in [0.29, 0.717) is 6.42 Å². The number of carboxylic acids is 1. The topological polar surface area (TPSA) is 66.4 Å². The first-order chi connectivity index (χ1) is 9.92. The zero-order chi connectivity index (χ0) is 15.5. The third kappa shape index (κ3) is 3.84. The second-order valence-electron chi connectivity index (χ2n) is 6.27. The van der Waals surface area contributed by atoms with Crippen LogP contribution in [0.4, 0.5) is 5.69 Å². The fourth-order valence-electron chi connectivity index (χ4n) is 3.40. The summed E-state index contributed by atoms with van der Waals surface area (Å²) in [6.45, 7) is 3.93. The molecule has 0 radical (unpaired) electrons. The van der Waals surface area contributed by atoms with Gasteiger partial charge in [-0.15, -0.1) is 0 Å². The van der Waals surface area contributed by atoms with Crippen LogP contribution in [0.15, 0.2) is 18.2 Å². The summed E-state index contributed by atoms with van der Waals surface area (Å²) in [5.41, 5.74) is 2.56. The van der Waals surface area contributed by atoms with Gasteiger partial charge in [-0.05, 0) is 43.2 Å². The summed E-state index contributed by atoms with van der Waals surface area (Å²) >= 11 is 0. The van der Waals surface area contributed by atoms with Gasteiger partial charge in [-0.25, -0.2) is 0 Å². The fraction of sp³-hybridized carbons (Fsp3) is 0.529. The van der Waals surface area contributed by atoms with E-state index in [1.807, 2.05) is 32.0 Å². The Morgan fingerprint density at radius 2 is 1.71 bits per heavy atom. The number of carbonyl (C=O) groups excluding carboxylic acids is 1. The van der Waals surface area contributed by atoms with Crippen LogP contribution in [0.1, 0.15) is 49.7 Å². The lowest BCUT2D eigenvalue weighted by Crippen LogP contribution is -2.28. The molecule has 1 aromatic rings. The van der Waals surface area contributed by atoms with Gasteiger partial charge in [0.2, 0.25) is 5.91 Å². The smallest absolute Gasteiger partial charge is 0.303 e. The van der Waals surface area contributed by atoms with E-state index in [9.17, 15) is 9.59 Å². The molecule has 2 N–H and O–H groups in total. The first kappa shape index (κ1) is 15.5. The number of nitrogens with one attached hydrogen (secondary N) is 1. The summed E-state index contributed by atoms with van der Waals surface area (Å²) in [4.78, 5) is 23.4. The van der Waals surface area contributed by atoms with E-state index in [1.165, 1.54) is 0 Å². The SMILES string of the molecule is Cc1cccc(C)c1NC(=O)CC1(CC(=O)O)CCCC1. The van der Waals surface area contributed by atoms with Crippen molar-refractivity contribution in [2.75, 3.05) is 5.32 Å². The molecule has 4 nitrogen and oxygen atoms in total. The quantitative estimate of drug-likeness (QED) is 0.869. The summed E-state index contributed by atoms with van der Waals surface area (Å²) in [5.74, 6) is -0.882. The number of carboxylic acid groups (broad SMARTS) is 1. The molecule has 2 rings (SSSR count). The third-order valence-electron chi connectivity index (χ3n) is 4.47. The number of hydrogen-bond donors (Lipinski definition) is 2. The van der Waals surface area contributed by atoms with Crippen molar-refractivity contribution in [1.29, 1.82) is 0 Å². The van der Waals surface area contributed by atoms with Gasteiger partial charge in [0.15, 0.2) is 0 Å². The molecule has 1 saturated carbocycles. The van der Waals surface area contributed by atoms with Crippen molar-refractivity contribution in [3.8, 4) is 0 Å². The van der Waals surface area contributed by atoms with Gasteiger partial charge in [0.25, 0.3) is 0 Å². The minimum absolute atomic E-state index is 0.0736. The molecule has 0 unspecified atom stereocenters. The summed E-state index contributed by atoms with van der Waals surface area (Å²) in [5, 5.41) is 12.1. The maximum Gasteiger partial charge on any atom is 0.303 e. The van der Waals surface area contributed by atoms with Crippen LogP contribution in [0, 0.1) is 19.3 Å². The van der Waals surface area contributed by atoms with Crippen LogP contribution in [-0.2, 0) is 9.59 Å². The molecule has 1 aromatic carbocycles. The Bertz CT molecular complexity index is 525. The molecule has 0 saturated heterocycles. The molecule has 0 spiro atoms. The number of rotatable bonds is 5. The Morgan fingerprint density at radius 1 is 1.14 bits per heavy atom. The van der Waals surface area contributed by atoms with Crippen LogP contribution < -0.4 is 5.32 Å². The highest BCUT2D eigenvalue weighted by Gasteiger charge is 2.38. The Morgan fingerprint density at radius 3 is 2.24 bits per heavy atom. The predicted octanol–water partition coefficient (Wildman–Crippen LogP) is 3.67. The first-order valence-corrected chi connectivity index (χ1v) is 7.50. The number of aryl methyl sites for hydroxylation is 2. The molecule has 114 valence electrons. The Hall–Kier alpha value is -1.84. The lowest BCUT2D eigenvalue weighted by Gasteiger charge is -2.26. The second-order valence-corrected chi connectivity index (χ2v) is 6.27. The van der Waals surface area contributed by atoms with Crippen LogP contribution in [0.25, 0.3) is 0 Å². The van der Waals surface area contributed by atoms with E-state index in [0.717, 1.165) is 42.5 Å². The number of hydrogen-bond acceptors (Lipinski definition) is 2. The van der Waals surface area contributed by atoms with E-state index in [2.05, 4.69) is 5.32 Å². The molecule has 1 fully saturated rings. The second kappa shape index (κ2) is 6.29. The van der Waals surface area contributed by atoms with E-state index in [-0.39, 0.29) is 17.7 Å². The van der Waals surface area contributed by atoms with Crippen molar-refractivity contribution in [2.45, 2.75) is 52.4 Å². The summed E-state index contributed by atoms with van der Waals surface area (Å²) in [6, 6.07) is 5.89. The molecule has 21 heavy (non-hydrogen) atoms. The molecule has 0 aliphatic heterocycles. The minimum Gasteiger partial charge on any atom is -0.481 e. The van der Waals surface area contributed by atoms with Gasteiger partial charge in [-0.2, -0.15) is 0 Å².